The Morgan fingerprint density at radius 1 is 0.253 bits per heavy atom. The van der Waals surface area contributed by atoms with Gasteiger partial charge in [-0.15, -0.1) is 0 Å². The van der Waals surface area contributed by atoms with Crippen LogP contribution in [0.25, 0.3) is 0 Å². The summed E-state index contributed by atoms with van der Waals surface area (Å²) in [6, 6.07) is 0. The van der Waals surface area contributed by atoms with Crippen LogP contribution in [0.1, 0.15) is 355 Å². The molecule has 0 aliphatic carbocycles. The predicted molar refractivity (Wildman–Crippen MR) is 362 cm³/mol. The molecule has 6 heteroatoms. The summed E-state index contributed by atoms with van der Waals surface area (Å²) < 4.78 is 16.8. The van der Waals surface area contributed by atoms with Gasteiger partial charge in [0.1, 0.15) is 13.2 Å². The van der Waals surface area contributed by atoms with Gasteiger partial charge in [-0.2, -0.15) is 0 Å². The SMILES string of the molecule is CC/C=C\C/C=C\C/C=C\C/C=C\C/C=C\CCCCCCCCCCCCCCCCCCCCCC(=O)OCC(COC(=O)CCCCCCC)OC(=O)CCCCCCCCCCCC/C=C\C/C=C\C/C=C\CCCCCCC. The van der Waals surface area contributed by atoms with E-state index in [1.807, 2.05) is 0 Å². The number of carbonyl (C=O) groups excluding carboxylic acids is 3. The molecule has 0 amide bonds. The number of ether oxygens (including phenoxy) is 3. The molecular weight excluding hydrogens is 1020 g/mol. The Balaban J connectivity index is 3.94. The third-order valence-corrected chi connectivity index (χ3v) is 15.6. The molecule has 0 fully saturated rings. The molecule has 0 bridgehead atoms. The minimum Gasteiger partial charge on any atom is -0.462 e. The summed E-state index contributed by atoms with van der Waals surface area (Å²) in [5, 5.41) is 0. The molecule has 478 valence electrons. The number of carbonyl (C=O) groups is 3. The molecule has 6 nitrogen and oxygen atoms in total. The Hall–Kier alpha value is -3.67. The maximum Gasteiger partial charge on any atom is 0.306 e. The van der Waals surface area contributed by atoms with Crippen LogP contribution >= 0.6 is 0 Å². The number of esters is 3. The van der Waals surface area contributed by atoms with Gasteiger partial charge >= 0.3 is 17.9 Å². The number of unbranched alkanes of at least 4 members (excludes halogenated alkanes) is 38. The van der Waals surface area contributed by atoms with Crippen molar-refractivity contribution in [2.45, 2.75) is 361 Å². The molecule has 83 heavy (non-hydrogen) atoms. The first-order valence-electron chi connectivity index (χ1n) is 35.7. The van der Waals surface area contributed by atoms with E-state index in [-0.39, 0.29) is 31.1 Å². The van der Waals surface area contributed by atoms with Crippen LogP contribution < -0.4 is 0 Å². The lowest BCUT2D eigenvalue weighted by Gasteiger charge is -2.18. The first-order chi connectivity index (χ1) is 41.0. The normalized spacial score (nSPS) is 12.7. The van der Waals surface area contributed by atoms with E-state index in [9.17, 15) is 14.4 Å². The highest BCUT2D eigenvalue weighted by molar-refractivity contribution is 5.71. The van der Waals surface area contributed by atoms with Crippen molar-refractivity contribution in [3.8, 4) is 0 Å². The molecule has 0 heterocycles. The van der Waals surface area contributed by atoms with Crippen molar-refractivity contribution in [3.05, 3.63) is 97.2 Å². The van der Waals surface area contributed by atoms with Gasteiger partial charge in [0.2, 0.25) is 0 Å². The maximum absolute atomic E-state index is 12.9. The zero-order chi connectivity index (χ0) is 59.9. The van der Waals surface area contributed by atoms with Gasteiger partial charge in [0.05, 0.1) is 0 Å². The second kappa shape index (κ2) is 70.8. The summed E-state index contributed by atoms with van der Waals surface area (Å²) in [4.78, 5) is 38.0. The van der Waals surface area contributed by atoms with Crippen LogP contribution in [0.3, 0.4) is 0 Å². The smallest absolute Gasteiger partial charge is 0.306 e. The minimum absolute atomic E-state index is 0.0748. The van der Waals surface area contributed by atoms with Crippen molar-refractivity contribution in [1.29, 1.82) is 0 Å². The zero-order valence-electron chi connectivity index (χ0n) is 54.9. The van der Waals surface area contributed by atoms with Crippen LogP contribution in [0.4, 0.5) is 0 Å². The van der Waals surface area contributed by atoms with Gasteiger partial charge in [-0.1, -0.05) is 330 Å². The first kappa shape index (κ1) is 79.3. The first-order valence-corrected chi connectivity index (χ1v) is 35.7. The molecule has 0 radical (unpaired) electrons. The molecule has 0 aromatic rings. The van der Waals surface area contributed by atoms with Crippen LogP contribution in [0.5, 0.6) is 0 Å². The van der Waals surface area contributed by atoms with Crippen molar-refractivity contribution < 1.29 is 28.6 Å². The minimum atomic E-state index is -0.775. The van der Waals surface area contributed by atoms with Crippen molar-refractivity contribution in [3.63, 3.8) is 0 Å². The highest BCUT2D eigenvalue weighted by atomic mass is 16.6. The van der Waals surface area contributed by atoms with E-state index < -0.39 is 6.10 Å². The van der Waals surface area contributed by atoms with Crippen molar-refractivity contribution in [2.24, 2.45) is 0 Å². The Labute approximate surface area is 515 Å². The summed E-state index contributed by atoms with van der Waals surface area (Å²) in [6.45, 7) is 6.47. The zero-order valence-corrected chi connectivity index (χ0v) is 54.9. The fraction of sp³-hybridized carbons (Fsp3) is 0.753. The van der Waals surface area contributed by atoms with Gasteiger partial charge in [0.15, 0.2) is 6.10 Å². The van der Waals surface area contributed by atoms with Gasteiger partial charge in [-0.05, 0) is 103 Å². The Morgan fingerprint density at radius 3 is 0.735 bits per heavy atom. The highest BCUT2D eigenvalue weighted by Crippen LogP contribution is 2.18. The summed E-state index contributed by atoms with van der Waals surface area (Å²) >= 11 is 0. The molecule has 0 aromatic heterocycles. The van der Waals surface area contributed by atoms with Crippen molar-refractivity contribution >= 4 is 17.9 Å². The number of hydrogen-bond acceptors (Lipinski definition) is 6. The third-order valence-electron chi connectivity index (χ3n) is 15.6. The Bertz CT molecular complexity index is 1610. The molecule has 0 rings (SSSR count). The fourth-order valence-corrected chi connectivity index (χ4v) is 10.2. The standard InChI is InChI=1S/C77H134O6/c1-4-7-10-13-15-17-19-21-23-25-27-29-31-33-34-35-36-37-38-39-40-41-42-44-45-47-49-51-53-55-57-59-61-64-67-70-76(79)82-73-74(72-81-75(78)69-66-63-12-9-6-3)83-77(80)71-68-65-62-60-58-56-54-52-50-48-46-43-32-30-28-26-24-22-20-18-16-14-11-8-5-2/h7,10,15,17,20-23,26-29,32-34,43,74H,4-6,8-9,11-14,16,18-19,24-25,30-31,35-42,44-73H2,1-3H3/b10-7-,17-15-,22-20-,23-21-,28-26-,29-27-,34-33-,43-32-. The quantitative estimate of drug-likeness (QED) is 0.0261. The molecule has 0 saturated heterocycles. The van der Waals surface area contributed by atoms with Crippen molar-refractivity contribution in [2.75, 3.05) is 13.2 Å². The number of rotatable bonds is 65. The van der Waals surface area contributed by atoms with Gasteiger partial charge in [0.25, 0.3) is 0 Å². The maximum atomic E-state index is 12.9. The topological polar surface area (TPSA) is 78.9 Å². The van der Waals surface area contributed by atoms with Crippen LogP contribution in [0.2, 0.25) is 0 Å². The summed E-state index contributed by atoms with van der Waals surface area (Å²) in [5.41, 5.74) is 0. The molecule has 1 unspecified atom stereocenters. The average molecular weight is 1160 g/mol. The van der Waals surface area contributed by atoms with E-state index in [0.717, 1.165) is 109 Å². The molecule has 0 spiro atoms. The van der Waals surface area contributed by atoms with Crippen molar-refractivity contribution in [1.82, 2.24) is 0 Å². The Morgan fingerprint density at radius 2 is 0.470 bits per heavy atom. The molecule has 0 saturated carbocycles. The van der Waals surface area contributed by atoms with E-state index in [4.69, 9.17) is 14.2 Å². The van der Waals surface area contributed by atoms with Gasteiger partial charge in [-0.3, -0.25) is 14.4 Å². The molecule has 0 aliphatic rings. The fourth-order valence-electron chi connectivity index (χ4n) is 10.2. The average Bonchev–Trinajstić information content (AvgIpc) is 3.49. The molecule has 0 aromatic carbocycles. The van der Waals surface area contributed by atoms with Gasteiger partial charge in [0, 0.05) is 19.3 Å². The second-order valence-electron chi connectivity index (χ2n) is 23.8. The third kappa shape index (κ3) is 69.0. The van der Waals surface area contributed by atoms with E-state index in [0.29, 0.717) is 19.3 Å². The summed E-state index contributed by atoms with van der Waals surface area (Å²) in [5.74, 6) is -0.877. The van der Waals surface area contributed by atoms with Crippen LogP contribution in [-0.2, 0) is 28.6 Å². The largest absolute Gasteiger partial charge is 0.462 e. The highest BCUT2D eigenvalue weighted by Gasteiger charge is 2.19. The number of hydrogen-bond donors (Lipinski definition) is 0. The molecular formula is C77H134O6. The lowest BCUT2D eigenvalue weighted by molar-refractivity contribution is -0.167. The van der Waals surface area contributed by atoms with Crippen LogP contribution in [0.15, 0.2) is 97.2 Å². The van der Waals surface area contributed by atoms with Crippen LogP contribution in [-0.4, -0.2) is 37.2 Å². The lowest BCUT2D eigenvalue weighted by atomic mass is 10.0. The molecule has 0 aliphatic heterocycles. The Kier molecular flexibility index (Phi) is 67.7. The van der Waals surface area contributed by atoms with Gasteiger partial charge in [-0.25, -0.2) is 0 Å². The van der Waals surface area contributed by atoms with E-state index >= 15 is 0 Å². The van der Waals surface area contributed by atoms with Crippen LogP contribution in [0, 0.1) is 0 Å². The van der Waals surface area contributed by atoms with E-state index in [1.54, 1.807) is 0 Å². The summed E-state index contributed by atoms with van der Waals surface area (Å²) in [7, 11) is 0. The number of allylic oxidation sites excluding steroid dienone is 16. The van der Waals surface area contributed by atoms with Gasteiger partial charge < -0.3 is 14.2 Å². The van der Waals surface area contributed by atoms with E-state index in [2.05, 4.69) is 118 Å². The summed E-state index contributed by atoms with van der Waals surface area (Å²) in [6.07, 6.45) is 96.4. The molecule has 1 atom stereocenters. The monoisotopic (exact) mass is 1160 g/mol. The second-order valence-corrected chi connectivity index (χ2v) is 23.8. The van der Waals surface area contributed by atoms with E-state index in [1.165, 1.54) is 205 Å². The molecule has 0 N–H and O–H groups in total. The predicted octanol–water partition coefficient (Wildman–Crippen LogP) is 24.8. The lowest BCUT2D eigenvalue weighted by Crippen LogP contribution is -2.30.